The highest BCUT2D eigenvalue weighted by molar-refractivity contribution is 5.93. The van der Waals surface area contributed by atoms with Crippen molar-refractivity contribution in [3.8, 4) is 18.1 Å². The van der Waals surface area contributed by atoms with Crippen LogP contribution in [0.1, 0.15) is 5.56 Å². The first-order valence-corrected chi connectivity index (χ1v) is 4.11. The third-order valence-corrected chi connectivity index (χ3v) is 2.12. The number of hydrogen-bond donors (Lipinski definition) is 1. The van der Waals surface area contributed by atoms with Crippen LogP contribution in [0.4, 0.5) is 4.39 Å². The second-order valence-electron chi connectivity index (χ2n) is 2.94. The molecule has 0 aliphatic carbocycles. The highest BCUT2D eigenvalue weighted by atomic mass is 19.1. The first kappa shape index (κ1) is 8.58. The average molecular weight is 186 g/mol. The summed E-state index contributed by atoms with van der Waals surface area (Å²) >= 11 is 0. The number of fused-ring (bicyclic) bond motifs is 1. The second kappa shape index (κ2) is 3.04. The van der Waals surface area contributed by atoms with Crippen LogP contribution in [0.15, 0.2) is 30.3 Å². The molecule has 0 saturated carbocycles. The van der Waals surface area contributed by atoms with E-state index in [2.05, 4.69) is 5.92 Å². The predicted octanol–water partition coefficient (Wildman–Crippen LogP) is 2.67. The Morgan fingerprint density at radius 2 is 2.00 bits per heavy atom. The largest absolute Gasteiger partial charge is 0.507 e. The Kier molecular flexibility index (Phi) is 1.86. The van der Waals surface area contributed by atoms with Crippen LogP contribution in [-0.2, 0) is 0 Å². The third kappa shape index (κ3) is 1.11. The van der Waals surface area contributed by atoms with Gasteiger partial charge in [-0.3, -0.25) is 0 Å². The minimum atomic E-state index is -0.485. The van der Waals surface area contributed by atoms with Crippen LogP contribution < -0.4 is 0 Å². The molecule has 0 bridgehead atoms. The Bertz CT molecular complexity index is 538. The van der Waals surface area contributed by atoms with E-state index in [-0.39, 0.29) is 11.3 Å². The first-order chi connectivity index (χ1) is 6.74. The summed E-state index contributed by atoms with van der Waals surface area (Å²) in [4.78, 5) is 0. The van der Waals surface area contributed by atoms with Crippen LogP contribution in [0.25, 0.3) is 10.8 Å². The fourth-order valence-electron chi connectivity index (χ4n) is 1.48. The van der Waals surface area contributed by atoms with Gasteiger partial charge in [0.1, 0.15) is 11.6 Å². The molecule has 2 aromatic rings. The zero-order chi connectivity index (χ0) is 10.1. The van der Waals surface area contributed by atoms with E-state index in [1.165, 1.54) is 12.1 Å². The molecule has 1 nitrogen and oxygen atoms in total. The van der Waals surface area contributed by atoms with Gasteiger partial charge in [-0.1, -0.05) is 24.1 Å². The molecule has 0 amide bonds. The Morgan fingerprint density at radius 1 is 1.21 bits per heavy atom. The quantitative estimate of drug-likeness (QED) is 0.627. The Morgan fingerprint density at radius 3 is 2.71 bits per heavy atom. The number of halogens is 1. The highest BCUT2D eigenvalue weighted by Crippen LogP contribution is 2.28. The number of benzene rings is 2. The fraction of sp³-hybridized carbons (Fsp3) is 0. The third-order valence-electron chi connectivity index (χ3n) is 2.12. The van der Waals surface area contributed by atoms with Crippen molar-refractivity contribution >= 4 is 10.8 Å². The summed E-state index contributed by atoms with van der Waals surface area (Å²) in [6, 6.07) is 7.84. The summed E-state index contributed by atoms with van der Waals surface area (Å²) in [6.07, 6.45) is 5.18. The van der Waals surface area contributed by atoms with Gasteiger partial charge in [0.05, 0.1) is 5.56 Å². The van der Waals surface area contributed by atoms with E-state index in [9.17, 15) is 9.50 Å². The number of aromatic hydroxyl groups is 1. The Balaban J connectivity index is 3.01. The maximum atomic E-state index is 13.2. The molecule has 0 radical (unpaired) electrons. The lowest BCUT2D eigenvalue weighted by Gasteiger charge is -2.04. The van der Waals surface area contributed by atoms with Crippen molar-refractivity contribution in [3.63, 3.8) is 0 Å². The molecule has 0 unspecified atom stereocenters. The molecular formula is C12H7FO. The van der Waals surface area contributed by atoms with Crippen molar-refractivity contribution in [2.45, 2.75) is 0 Å². The van der Waals surface area contributed by atoms with Crippen LogP contribution in [0.5, 0.6) is 5.75 Å². The summed E-state index contributed by atoms with van der Waals surface area (Å²) in [5.74, 6) is 1.77. The number of phenolic OH excluding ortho intramolecular Hbond substituents is 1. The number of phenols is 1. The molecule has 0 fully saturated rings. The van der Waals surface area contributed by atoms with E-state index in [4.69, 9.17) is 6.42 Å². The van der Waals surface area contributed by atoms with Gasteiger partial charge in [0.2, 0.25) is 0 Å². The van der Waals surface area contributed by atoms with Crippen molar-refractivity contribution in [1.82, 2.24) is 0 Å². The molecule has 0 saturated heterocycles. The molecule has 14 heavy (non-hydrogen) atoms. The lowest BCUT2D eigenvalue weighted by Crippen LogP contribution is -1.86. The topological polar surface area (TPSA) is 20.2 Å². The standard InChI is InChI=1S/C12H7FO/c1-2-9-10(13)7-6-8-4-3-5-11(14)12(8)9/h1,3-7,14H. The molecule has 2 aromatic carbocycles. The molecule has 2 rings (SSSR count). The van der Waals surface area contributed by atoms with Crippen molar-refractivity contribution in [1.29, 1.82) is 0 Å². The molecule has 0 atom stereocenters. The zero-order valence-electron chi connectivity index (χ0n) is 7.29. The molecule has 0 aliphatic rings. The molecule has 2 heteroatoms. The van der Waals surface area contributed by atoms with Gasteiger partial charge in [-0.15, -0.1) is 6.42 Å². The van der Waals surface area contributed by atoms with Gasteiger partial charge in [0.25, 0.3) is 0 Å². The monoisotopic (exact) mass is 186 g/mol. The summed E-state index contributed by atoms with van der Waals surface area (Å²) in [5.41, 5.74) is 0.112. The maximum absolute atomic E-state index is 13.2. The molecule has 0 heterocycles. The van der Waals surface area contributed by atoms with Crippen LogP contribution in [-0.4, -0.2) is 5.11 Å². The smallest absolute Gasteiger partial charge is 0.139 e. The average Bonchev–Trinajstić information content (AvgIpc) is 2.19. The van der Waals surface area contributed by atoms with E-state index in [1.54, 1.807) is 18.2 Å². The van der Waals surface area contributed by atoms with E-state index in [1.807, 2.05) is 0 Å². The fourth-order valence-corrected chi connectivity index (χ4v) is 1.48. The van der Waals surface area contributed by atoms with Crippen molar-refractivity contribution < 1.29 is 9.50 Å². The normalized spacial score (nSPS) is 10.0. The minimum absolute atomic E-state index is 0.00921. The SMILES string of the molecule is C#Cc1c(F)ccc2cccc(O)c12. The van der Waals surface area contributed by atoms with E-state index in [0.29, 0.717) is 5.39 Å². The van der Waals surface area contributed by atoms with Crippen LogP contribution in [0, 0.1) is 18.2 Å². The summed E-state index contributed by atoms with van der Waals surface area (Å²) in [6.45, 7) is 0. The van der Waals surface area contributed by atoms with Crippen molar-refractivity contribution in [3.05, 3.63) is 41.7 Å². The lowest BCUT2D eigenvalue weighted by atomic mass is 10.0. The summed E-state index contributed by atoms with van der Waals surface area (Å²) in [7, 11) is 0. The van der Waals surface area contributed by atoms with Gasteiger partial charge in [-0.2, -0.15) is 0 Å². The minimum Gasteiger partial charge on any atom is -0.507 e. The molecule has 0 spiro atoms. The Labute approximate surface area is 80.8 Å². The van der Waals surface area contributed by atoms with Crippen LogP contribution in [0.3, 0.4) is 0 Å². The molecule has 68 valence electrons. The van der Waals surface area contributed by atoms with Gasteiger partial charge in [-0.05, 0) is 17.5 Å². The Hall–Kier alpha value is -2.01. The van der Waals surface area contributed by atoms with E-state index < -0.39 is 5.82 Å². The van der Waals surface area contributed by atoms with Gasteiger partial charge < -0.3 is 5.11 Å². The van der Waals surface area contributed by atoms with Crippen LogP contribution >= 0.6 is 0 Å². The lowest BCUT2D eigenvalue weighted by molar-refractivity contribution is 0.481. The van der Waals surface area contributed by atoms with E-state index in [0.717, 1.165) is 5.39 Å². The van der Waals surface area contributed by atoms with E-state index >= 15 is 0 Å². The van der Waals surface area contributed by atoms with Crippen molar-refractivity contribution in [2.24, 2.45) is 0 Å². The summed E-state index contributed by atoms with van der Waals surface area (Å²) < 4.78 is 13.2. The molecule has 0 aliphatic heterocycles. The van der Waals surface area contributed by atoms with Gasteiger partial charge >= 0.3 is 0 Å². The van der Waals surface area contributed by atoms with Gasteiger partial charge in [-0.25, -0.2) is 4.39 Å². The second-order valence-corrected chi connectivity index (χ2v) is 2.94. The van der Waals surface area contributed by atoms with Crippen LogP contribution in [0.2, 0.25) is 0 Å². The van der Waals surface area contributed by atoms with Crippen molar-refractivity contribution in [2.75, 3.05) is 0 Å². The predicted molar refractivity (Wildman–Crippen MR) is 53.5 cm³/mol. The number of terminal acetylenes is 1. The summed E-state index contributed by atoms with van der Waals surface area (Å²) in [5, 5.41) is 10.7. The number of rotatable bonds is 0. The molecule has 0 aromatic heterocycles. The first-order valence-electron chi connectivity index (χ1n) is 4.11. The van der Waals surface area contributed by atoms with Gasteiger partial charge in [0, 0.05) is 5.39 Å². The molecule has 1 N–H and O–H groups in total. The number of hydrogen-bond acceptors (Lipinski definition) is 1. The molecular weight excluding hydrogens is 179 g/mol. The van der Waals surface area contributed by atoms with Gasteiger partial charge in [0.15, 0.2) is 0 Å². The zero-order valence-corrected chi connectivity index (χ0v) is 7.29. The highest BCUT2D eigenvalue weighted by Gasteiger charge is 2.08. The maximum Gasteiger partial charge on any atom is 0.139 e.